The molecule has 0 aliphatic heterocycles. The zero-order valence-corrected chi connectivity index (χ0v) is 26.7. The van der Waals surface area contributed by atoms with Gasteiger partial charge in [0.05, 0.1) is 23.6 Å². The highest BCUT2D eigenvalue weighted by Crippen LogP contribution is 2.35. The van der Waals surface area contributed by atoms with Crippen molar-refractivity contribution in [2.75, 3.05) is 51.3 Å². The summed E-state index contributed by atoms with van der Waals surface area (Å²) in [5.74, 6) is 0.861. The normalized spacial score (nSPS) is 11.4. The van der Waals surface area contributed by atoms with Crippen LogP contribution in [0.5, 0.6) is 5.75 Å². The first-order valence-electron chi connectivity index (χ1n) is 15.6. The van der Waals surface area contributed by atoms with E-state index in [4.69, 9.17) is 14.8 Å². The van der Waals surface area contributed by atoms with Crippen molar-refractivity contribution in [3.8, 4) is 16.9 Å². The van der Waals surface area contributed by atoms with E-state index in [1.54, 1.807) is 17.5 Å². The van der Waals surface area contributed by atoms with E-state index >= 15 is 0 Å². The molecular weight excluding hydrogens is 582 g/mol. The fraction of sp³-hybridized carbons (Fsp3) is 0.333. The molecule has 0 saturated heterocycles. The molecule has 5 aromatic rings. The van der Waals surface area contributed by atoms with Gasteiger partial charge in [0, 0.05) is 69.0 Å². The van der Waals surface area contributed by atoms with Crippen LogP contribution < -0.4 is 15.4 Å². The Labute approximate surface area is 269 Å². The van der Waals surface area contributed by atoms with Crippen molar-refractivity contribution in [2.45, 2.75) is 32.7 Å². The predicted molar refractivity (Wildman–Crippen MR) is 185 cm³/mol. The van der Waals surface area contributed by atoms with Crippen molar-refractivity contribution in [1.82, 2.24) is 20.2 Å². The molecule has 0 atom stereocenters. The second kappa shape index (κ2) is 17.0. The number of nitrogens with zero attached hydrogens (tertiary/aromatic N) is 3. The molecule has 0 spiro atoms. The van der Waals surface area contributed by atoms with Gasteiger partial charge in [0.2, 0.25) is 0 Å². The smallest absolute Gasteiger partial charge is 0.119 e. The molecule has 0 radical (unpaired) electrons. The summed E-state index contributed by atoms with van der Waals surface area (Å²) in [7, 11) is 0. The number of nitrogens with one attached hydrogen (secondary N) is 2. The Balaban J connectivity index is 1.19. The molecule has 0 bridgehead atoms. The lowest BCUT2D eigenvalue weighted by Crippen LogP contribution is -2.30. The van der Waals surface area contributed by atoms with Crippen LogP contribution in [0.4, 0.5) is 11.4 Å². The van der Waals surface area contributed by atoms with Crippen molar-refractivity contribution >= 4 is 32.9 Å². The minimum atomic E-state index is 0.124. The lowest BCUT2D eigenvalue weighted by atomic mass is 9.99. The molecule has 8 nitrogen and oxygen atoms in total. The molecular formula is C36H43N5O3S. The van der Waals surface area contributed by atoms with E-state index in [1.165, 1.54) is 5.56 Å². The highest BCUT2D eigenvalue weighted by atomic mass is 32.1. The van der Waals surface area contributed by atoms with Crippen LogP contribution in [0.1, 0.15) is 29.5 Å². The third-order valence-electron chi connectivity index (χ3n) is 7.79. The number of rotatable bonds is 18. The van der Waals surface area contributed by atoms with E-state index < -0.39 is 0 Å². The van der Waals surface area contributed by atoms with Gasteiger partial charge in [-0.2, -0.15) is 0 Å². The molecule has 0 fully saturated rings. The number of aliphatic hydroxyl groups excluding tert-OH is 2. The Morgan fingerprint density at radius 1 is 0.889 bits per heavy atom. The molecule has 3 heterocycles. The van der Waals surface area contributed by atoms with Crippen LogP contribution in [0.3, 0.4) is 0 Å². The first-order chi connectivity index (χ1) is 22.1. The predicted octanol–water partition coefficient (Wildman–Crippen LogP) is 6.19. The molecule has 0 amide bonds. The number of anilines is 2. The molecule has 45 heavy (non-hydrogen) atoms. The molecule has 0 aliphatic rings. The van der Waals surface area contributed by atoms with Gasteiger partial charge in [0.15, 0.2) is 0 Å². The minimum Gasteiger partial charge on any atom is -0.494 e. The van der Waals surface area contributed by atoms with Gasteiger partial charge in [0.25, 0.3) is 0 Å². The first kappa shape index (κ1) is 32.5. The number of aliphatic hydroxyl groups is 2. The number of hydrogen-bond donors (Lipinski definition) is 4. The van der Waals surface area contributed by atoms with E-state index in [1.807, 2.05) is 24.5 Å². The topological polar surface area (TPSA) is 103 Å². The number of benzene rings is 2. The Bertz CT molecular complexity index is 1630. The molecule has 236 valence electrons. The van der Waals surface area contributed by atoms with E-state index in [2.05, 4.69) is 81.4 Å². The van der Waals surface area contributed by atoms with Gasteiger partial charge < -0.3 is 30.5 Å². The summed E-state index contributed by atoms with van der Waals surface area (Å²) in [6.45, 7) is 7.08. The fourth-order valence-electron chi connectivity index (χ4n) is 5.38. The van der Waals surface area contributed by atoms with Crippen LogP contribution in [0.15, 0.2) is 84.6 Å². The number of pyridine rings is 2. The zero-order valence-electron chi connectivity index (χ0n) is 25.9. The van der Waals surface area contributed by atoms with E-state index in [-0.39, 0.29) is 13.2 Å². The maximum Gasteiger partial charge on any atom is 0.119 e. The number of fused-ring (bicyclic) bond motifs is 1. The lowest BCUT2D eigenvalue weighted by molar-refractivity contribution is 0.208. The van der Waals surface area contributed by atoms with Crippen molar-refractivity contribution in [3.63, 3.8) is 0 Å². The van der Waals surface area contributed by atoms with E-state index in [0.29, 0.717) is 19.7 Å². The highest BCUT2D eigenvalue weighted by Gasteiger charge is 2.12. The number of ether oxygens (including phenoxy) is 1. The standard InChI is InChI=1S/C36H43N5O3S/c1-27-32(10-3-11-33(27)40-34-26-45-35-21-29(24-38-14-19-43)25-39-36(34)35)30-8-2-9-31(22-30)44-20-6-16-41(15-5-18-42)17-12-28-7-4-13-37-23-28/h2-4,7-11,13,21-23,25-26,38,40,42-43H,5-6,12,14-20,24H2,1H3. The van der Waals surface area contributed by atoms with Crippen molar-refractivity contribution in [2.24, 2.45) is 0 Å². The fourth-order valence-corrected chi connectivity index (χ4v) is 6.29. The maximum absolute atomic E-state index is 9.35. The van der Waals surface area contributed by atoms with Gasteiger partial charge >= 0.3 is 0 Å². The minimum absolute atomic E-state index is 0.124. The summed E-state index contributed by atoms with van der Waals surface area (Å²) in [6, 6.07) is 20.9. The maximum atomic E-state index is 9.35. The molecule has 3 aromatic heterocycles. The second-order valence-corrected chi connectivity index (χ2v) is 12.0. The van der Waals surface area contributed by atoms with Crippen molar-refractivity contribution in [1.29, 1.82) is 0 Å². The Morgan fingerprint density at radius 2 is 1.78 bits per heavy atom. The summed E-state index contributed by atoms with van der Waals surface area (Å²) in [4.78, 5) is 11.4. The summed E-state index contributed by atoms with van der Waals surface area (Å²) >= 11 is 1.68. The summed E-state index contributed by atoms with van der Waals surface area (Å²) in [5.41, 5.74) is 8.75. The van der Waals surface area contributed by atoms with Crippen LogP contribution >= 0.6 is 11.3 Å². The van der Waals surface area contributed by atoms with Gasteiger partial charge in [-0.3, -0.25) is 9.97 Å². The van der Waals surface area contributed by atoms with Gasteiger partial charge in [-0.15, -0.1) is 11.3 Å². The number of hydrogen-bond acceptors (Lipinski definition) is 9. The van der Waals surface area contributed by atoms with Crippen molar-refractivity contribution in [3.05, 3.63) is 101 Å². The summed E-state index contributed by atoms with van der Waals surface area (Å²) < 4.78 is 7.33. The highest BCUT2D eigenvalue weighted by molar-refractivity contribution is 7.17. The third kappa shape index (κ3) is 9.32. The molecule has 4 N–H and O–H groups in total. The summed E-state index contributed by atoms with van der Waals surface area (Å²) in [5, 5.41) is 27.3. The van der Waals surface area contributed by atoms with Crippen LogP contribution in [0.2, 0.25) is 0 Å². The molecule has 0 aliphatic carbocycles. The largest absolute Gasteiger partial charge is 0.494 e. The quantitative estimate of drug-likeness (QED) is 0.0856. The summed E-state index contributed by atoms with van der Waals surface area (Å²) in [6.07, 6.45) is 8.24. The molecule has 5 rings (SSSR count). The molecule has 0 unspecified atom stereocenters. The number of aromatic nitrogens is 2. The monoisotopic (exact) mass is 625 g/mol. The molecule has 9 heteroatoms. The molecule has 2 aromatic carbocycles. The van der Waals surface area contributed by atoms with E-state index in [0.717, 1.165) is 88.5 Å². The van der Waals surface area contributed by atoms with Gasteiger partial charge in [0.1, 0.15) is 11.3 Å². The average Bonchev–Trinajstić information content (AvgIpc) is 3.47. The van der Waals surface area contributed by atoms with Gasteiger partial charge in [-0.05, 0) is 84.3 Å². The van der Waals surface area contributed by atoms with Crippen LogP contribution in [-0.4, -0.2) is 71.1 Å². The average molecular weight is 626 g/mol. The second-order valence-electron chi connectivity index (χ2n) is 11.1. The first-order valence-corrected chi connectivity index (χ1v) is 16.5. The van der Waals surface area contributed by atoms with Crippen LogP contribution in [0, 0.1) is 6.92 Å². The molecule has 0 saturated carbocycles. The Kier molecular flexibility index (Phi) is 12.3. The Morgan fingerprint density at radius 3 is 2.62 bits per heavy atom. The van der Waals surface area contributed by atoms with Crippen molar-refractivity contribution < 1.29 is 14.9 Å². The van der Waals surface area contributed by atoms with Crippen LogP contribution in [-0.2, 0) is 13.0 Å². The van der Waals surface area contributed by atoms with Gasteiger partial charge in [-0.1, -0.05) is 30.3 Å². The van der Waals surface area contributed by atoms with Crippen LogP contribution in [0.25, 0.3) is 21.3 Å². The van der Waals surface area contributed by atoms with E-state index in [9.17, 15) is 5.11 Å². The SMILES string of the molecule is Cc1c(Nc2csc3cc(CNCCO)cnc23)cccc1-c1cccc(OCCCN(CCCO)CCc2cccnc2)c1. The van der Waals surface area contributed by atoms with Gasteiger partial charge in [-0.25, -0.2) is 0 Å². The third-order valence-corrected chi connectivity index (χ3v) is 8.71. The number of thiophene rings is 1. The zero-order chi connectivity index (χ0) is 31.3. The lowest BCUT2D eigenvalue weighted by Gasteiger charge is -2.22. The Hall–Kier alpha value is -3.86.